The van der Waals surface area contributed by atoms with Gasteiger partial charge in [0, 0.05) is 19.6 Å². The zero-order chi connectivity index (χ0) is 15.1. The fraction of sp³-hybridized carbons (Fsp3) is 0.769. The SMILES string of the molecule is CC(C)OC(=O)CCNC(=O)N1CCCC(C(=O)O)C1. The number of hydrogen-bond acceptors (Lipinski definition) is 4. The fourth-order valence-electron chi connectivity index (χ4n) is 2.07. The molecule has 1 atom stereocenters. The molecule has 0 aliphatic carbocycles. The van der Waals surface area contributed by atoms with Gasteiger partial charge in [-0.05, 0) is 26.7 Å². The minimum atomic E-state index is -0.872. The van der Waals surface area contributed by atoms with E-state index in [0.717, 1.165) is 0 Å². The van der Waals surface area contributed by atoms with Crippen LogP contribution in [0.25, 0.3) is 0 Å². The van der Waals surface area contributed by atoms with Gasteiger partial charge in [0.25, 0.3) is 0 Å². The Kier molecular flexibility index (Phi) is 6.27. The Balaban J connectivity index is 2.28. The first-order valence-electron chi connectivity index (χ1n) is 6.85. The van der Waals surface area contributed by atoms with Crippen LogP contribution >= 0.6 is 0 Å². The summed E-state index contributed by atoms with van der Waals surface area (Å²) in [6, 6.07) is -0.326. The number of carboxylic acid groups (broad SMARTS) is 1. The summed E-state index contributed by atoms with van der Waals surface area (Å²) < 4.78 is 4.94. The van der Waals surface area contributed by atoms with E-state index < -0.39 is 11.9 Å². The predicted octanol–water partition coefficient (Wildman–Crippen LogP) is 0.834. The highest BCUT2D eigenvalue weighted by Crippen LogP contribution is 2.16. The van der Waals surface area contributed by atoms with E-state index in [1.165, 1.54) is 4.90 Å². The van der Waals surface area contributed by atoms with E-state index in [0.29, 0.717) is 19.4 Å². The summed E-state index contributed by atoms with van der Waals surface area (Å²) in [7, 11) is 0. The summed E-state index contributed by atoms with van der Waals surface area (Å²) in [4.78, 5) is 35.5. The van der Waals surface area contributed by atoms with E-state index in [1.807, 2.05) is 0 Å². The molecule has 0 aromatic rings. The molecule has 114 valence electrons. The molecule has 2 N–H and O–H groups in total. The summed E-state index contributed by atoms with van der Waals surface area (Å²) in [5.74, 6) is -1.73. The highest BCUT2D eigenvalue weighted by atomic mass is 16.5. The highest BCUT2D eigenvalue weighted by Gasteiger charge is 2.27. The number of urea groups is 1. The second kappa shape index (κ2) is 7.72. The number of nitrogens with zero attached hydrogens (tertiary/aromatic N) is 1. The molecular weight excluding hydrogens is 264 g/mol. The first kappa shape index (κ1) is 16.3. The second-order valence-electron chi connectivity index (χ2n) is 5.14. The van der Waals surface area contributed by atoms with Crippen molar-refractivity contribution >= 4 is 18.0 Å². The molecule has 0 spiro atoms. The maximum Gasteiger partial charge on any atom is 0.317 e. The summed E-state index contributed by atoms with van der Waals surface area (Å²) in [6.45, 7) is 4.48. The van der Waals surface area contributed by atoms with Gasteiger partial charge in [-0.25, -0.2) is 4.79 Å². The number of piperidine rings is 1. The van der Waals surface area contributed by atoms with E-state index in [2.05, 4.69) is 5.32 Å². The van der Waals surface area contributed by atoms with E-state index in [9.17, 15) is 14.4 Å². The number of carbonyl (C=O) groups excluding carboxylic acids is 2. The zero-order valence-corrected chi connectivity index (χ0v) is 11.9. The molecule has 0 radical (unpaired) electrons. The van der Waals surface area contributed by atoms with Gasteiger partial charge >= 0.3 is 18.0 Å². The number of amides is 2. The van der Waals surface area contributed by atoms with Crippen LogP contribution < -0.4 is 5.32 Å². The Morgan fingerprint density at radius 2 is 2.10 bits per heavy atom. The molecule has 7 heteroatoms. The summed E-state index contributed by atoms with van der Waals surface area (Å²) in [6.07, 6.45) is 1.22. The molecule has 0 aromatic carbocycles. The molecule has 1 saturated heterocycles. The topological polar surface area (TPSA) is 95.9 Å². The van der Waals surface area contributed by atoms with Crippen LogP contribution in [-0.4, -0.2) is 53.7 Å². The Labute approximate surface area is 118 Å². The van der Waals surface area contributed by atoms with Crippen LogP contribution in [0.4, 0.5) is 4.79 Å². The molecule has 7 nitrogen and oxygen atoms in total. The third kappa shape index (κ3) is 5.46. The van der Waals surface area contributed by atoms with Crippen molar-refractivity contribution in [3.63, 3.8) is 0 Å². The number of nitrogens with one attached hydrogen (secondary N) is 1. The molecule has 2 amide bonds. The molecular formula is C13H22N2O5. The lowest BCUT2D eigenvalue weighted by molar-refractivity contribution is -0.147. The minimum Gasteiger partial charge on any atom is -0.481 e. The third-order valence-corrected chi connectivity index (χ3v) is 3.03. The number of esters is 1. The Morgan fingerprint density at radius 3 is 2.70 bits per heavy atom. The zero-order valence-electron chi connectivity index (χ0n) is 11.9. The molecule has 20 heavy (non-hydrogen) atoms. The highest BCUT2D eigenvalue weighted by molar-refractivity contribution is 5.77. The summed E-state index contributed by atoms with van der Waals surface area (Å²) in [5, 5.41) is 11.6. The monoisotopic (exact) mass is 286 g/mol. The van der Waals surface area contributed by atoms with Crippen LogP contribution in [-0.2, 0) is 14.3 Å². The molecule has 1 heterocycles. The summed E-state index contributed by atoms with van der Waals surface area (Å²) in [5.41, 5.74) is 0. The van der Waals surface area contributed by atoms with Gasteiger partial charge in [-0.3, -0.25) is 9.59 Å². The first-order valence-corrected chi connectivity index (χ1v) is 6.85. The standard InChI is InChI=1S/C13H22N2O5/c1-9(2)20-11(16)5-6-14-13(19)15-7-3-4-10(8-15)12(17)18/h9-10H,3-8H2,1-2H3,(H,14,19)(H,17,18). The van der Waals surface area contributed by atoms with E-state index in [-0.39, 0.29) is 37.6 Å². The quantitative estimate of drug-likeness (QED) is 0.730. The van der Waals surface area contributed by atoms with Gasteiger partial charge in [-0.1, -0.05) is 0 Å². The van der Waals surface area contributed by atoms with Crippen molar-refractivity contribution in [3.8, 4) is 0 Å². The number of carboxylic acids is 1. The van der Waals surface area contributed by atoms with Gasteiger partial charge in [0.05, 0.1) is 18.4 Å². The van der Waals surface area contributed by atoms with Crippen molar-refractivity contribution in [2.45, 2.75) is 39.2 Å². The number of likely N-dealkylation sites (tertiary alicyclic amines) is 1. The third-order valence-electron chi connectivity index (χ3n) is 3.03. The molecule has 1 fully saturated rings. The Bertz CT molecular complexity index is 370. The molecule has 0 aromatic heterocycles. The maximum absolute atomic E-state index is 11.8. The average molecular weight is 286 g/mol. The number of ether oxygens (including phenoxy) is 1. The van der Waals surface area contributed by atoms with Crippen molar-refractivity contribution in [1.29, 1.82) is 0 Å². The van der Waals surface area contributed by atoms with E-state index in [1.54, 1.807) is 13.8 Å². The maximum atomic E-state index is 11.8. The van der Waals surface area contributed by atoms with E-state index >= 15 is 0 Å². The van der Waals surface area contributed by atoms with Gasteiger partial charge in [0.1, 0.15) is 0 Å². The van der Waals surface area contributed by atoms with Crippen LogP contribution in [0.2, 0.25) is 0 Å². The molecule has 0 bridgehead atoms. The van der Waals surface area contributed by atoms with Crippen LogP contribution in [0, 0.1) is 5.92 Å². The van der Waals surface area contributed by atoms with Crippen LogP contribution in [0.15, 0.2) is 0 Å². The molecule has 1 unspecified atom stereocenters. The molecule has 1 aliphatic rings. The largest absolute Gasteiger partial charge is 0.481 e. The van der Waals surface area contributed by atoms with Crippen LogP contribution in [0.5, 0.6) is 0 Å². The van der Waals surface area contributed by atoms with Gasteiger partial charge in [0.15, 0.2) is 0 Å². The minimum absolute atomic E-state index is 0.111. The first-order chi connectivity index (χ1) is 9.40. The predicted molar refractivity (Wildman–Crippen MR) is 71.2 cm³/mol. The van der Waals surface area contributed by atoms with Crippen molar-refractivity contribution in [2.75, 3.05) is 19.6 Å². The lowest BCUT2D eigenvalue weighted by Crippen LogP contribution is -2.47. The Hall–Kier alpha value is -1.79. The normalized spacial score (nSPS) is 18.8. The number of carbonyl (C=O) groups is 3. The smallest absolute Gasteiger partial charge is 0.317 e. The van der Waals surface area contributed by atoms with Crippen molar-refractivity contribution in [1.82, 2.24) is 10.2 Å². The number of aliphatic carboxylic acids is 1. The van der Waals surface area contributed by atoms with Crippen molar-refractivity contribution in [2.24, 2.45) is 5.92 Å². The lowest BCUT2D eigenvalue weighted by atomic mass is 9.99. The van der Waals surface area contributed by atoms with Gasteiger partial charge < -0.3 is 20.1 Å². The Morgan fingerprint density at radius 1 is 1.40 bits per heavy atom. The average Bonchev–Trinajstić information content (AvgIpc) is 2.37. The van der Waals surface area contributed by atoms with Gasteiger partial charge in [-0.15, -0.1) is 0 Å². The van der Waals surface area contributed by atoms with Gasteiger partial charge in [0.2, 0.25) is 0 Å². The van der Waals surface area contributed by atoms with E-state index in [4.69, 9.17) is 9.84 Å². The molecule has 1 rings (SSSR count). The number of hydrogen-bond donors (Lipinski definition) is 2. The van der Waals surface area contributed by atoms with Crippen molar-refractivity contribution < 1.29 is 24.2 Å². The van der Waals surface area contributed by atoms with Crippen molar-refractivity contribution in [3.05, 3.63) is 0 Å². The lowest BCUT2D eigenvalue weighted by Gasteiger charge is -2.30. The number of rotatable bonds is 5. The van der Waals surface area contributed by atoms with Gasteiger partial charge in [-0.2, -0.15) is 0 Å². The fourth-order valence-corrected chi connectivity index (χ4v) is 2.07. The summed E-state index contributed by atoms with van der Waals surface area (Å²) >= 11 is 0. The molecule has 0 saturated carbocycles. The van der Waals surface area contributed by atoms with Crippen LogP contribution in [0.3, 0.4) is 0 Å². The van der Waals surface area contributed by atoms with Crippen LogP contribution in [0.1, 0.15) is 33.1 Å². The molecule has 1 aliphatic heterocycles. The second-order valence-corrected chi connectivity index (χ2v) is 5.14.